The SMILES string of the molecule is C=CC(=O)N1CC[C@@H](N2CC(c3cc4c(c(C)n3)O[C@@H](C)c3c(N5CCOCC5)ccnc3N4)C2)C1. The number of rotatable bonds is 4. The van der Waals surface area contributed by atoms with Crippen LogP contribution in [0.2, 0.25) is 0 Å². The molecular formula is C27H34N6O3. The molecule has 3 saturated heterocycles. The van der Waals surface area contributed by atoms with Crippen LogP contribution in [-0.2, 0) is 9.53 Å². The zero-order chi connectivity index (χ0) is 24.8. The molecule has 0 spiro atoms. The Morgan fingerprint density at radius 1 is 1.22 bits per heavy atom. The first kappa shape index (κ1) is 23.2. The van der Waals surface area contributed by atoms with E-state index in [2.05, 4.69) is 40.8 Å². The molecule has 0 unspecified atom stereocenters. The summed E-state index contributed by atoms with van der Waals surface area (Å²) in [6, 6.07) is 4.63. The van der Waals surface area contributed by atoms with Crippen LogP contribution in [0.5, 0.6) is 5.75 Å². The van der Waals surface area contributed by atoms with Gasteiger partial charge >= 0.3 is 0 Å². The van der Waals surface area contributed by atoms with Gasteiger partial charge in [0.2, 0.25) is 5.91 Å². The van der Waals surface area contributed by atoms with Crippen LogP contribution in [0.1, 0.15) is 42.3 Å². The molecule has 9 nitrogen and oxygen atoms in total. The minimum Gasteiger partial charge on any atom is -0.482 e. The second-order valence-corrected chi connectivity index (χ2v) is 10.2. The Balaban J connectivity index is 1.21. The van der Waals surface area contributed by atoms with Crippen LogP contribution in [0.15, 0.2) is 31.0 Å². The maximum absolute atomic E-state index is 11.9. The standard InChI is InChI=1S/C27H34N6O3/c1-4-24(34)32-8-6-20(16-32)33-14-19(15-33)21-13-22-26(17(2)29-21)36-18(3)25-23(5-7-28-27(25)30-22)31-9-11-35-12-10-31/h4-5,7,13,18-20H,1,6,8-12,14-16H2,2-3H3,(H,28,30)/t18-,20+/m0/s1. The van der Waals surface area contributed by atoms with Gasteiger partial charge in [0.05, 0.1) is 30.2 Å². The van der Waals surface area contributed by atoms with E-state index >= 15 is 0 Å². The summed E-state index contributed by atoms with van der Waals surface area (Å²) in [5, 5.41) is 3.59. The molecule has 0 saturated carbocycles. The van der Waals surface area contributed by atoms with E-state index in [9.17, 15) is 4.79 Å². The van der Waals surface area contributed by atoms with Crippen molar-refractivity contribution in [1.82, 2.24) is 19.8 Å². The van der Waals surface area contributed by atoms with Crippen LogP contribution in [0.25, 0.3) is 0 Å². The van der Waals surface area contributed by atoms with Gasteiger partial charge < -0.3 is 24.6 Å². The molecule has 36 heavy (non-hydrogen) atoms. The number of amides is 1. The van der Waals surface area contributed by atoms with Gasteiger partial charge in [-0.1, -0.05) is 6.58 Å². The lowest BCUT2D eigenvalue weighted by atomic mass is 9.92. The molecule has 2 aromatic rings. The lowest BCUT2D eigenvalue weighted by molar-refractivity contribution is -0.125. The topological polar surface area (TPSA) is 83.1 Å². The largest absolute Gasteiger partial charge is 0.482 e. The van der Waals surface area contributed by atoms with Crippen LogP contribution in [0.4, 0.5) is 17.2 Å². The zero-order valence-corrected chi connectivity index (χ0v) is 21.1. The smallest absolute Gasteiger partial charge is 0.246 e. The van der Waals surface area contributed by atoms with Crippen molar-refractivity contribution in [2.45, 2.75) is 38.3 Å². The summed E-state index contributed by atoms with van der Waals surface area (Å²) in [5.41, 5.74) is 5.13. The number of nitrogens with one attached hydrogen (secondary N) is 1. The average Bonchev–Trinajstić information content (AvgIpc) is 3.29. The summed E-state index contributed by atoms with van der Waals surface area (Å²) >= 11 is 0. The predicted octanol–water partition coefficient (Wildman–Crippen LogP) is 3.00. The fourth-order valence-electron chi connectivity index (χ4n) is 5.91. The number of carbonyl (C=O) groups is 1. The minimum atomic E-state index is -0.158. The molecule has 190 valence electrons. The molecule has 0 aromatic carbocycles. The Morgan fingerprint density at radius 2 is 2.03 bits per heavy atom. The van der Waals surface area contributed by atoms with Gasteiger partial charge in [-0.25, -0.2) is 4.98 Å². The molecule has 4 aliphatic heterocycles. The molecule has 6 rings (SSSR count). The van der Waals surface area contributed by atoms with Crippen molar-refractivity contribution in [3.8, 4) is 5.75 Å². The number of likely N-dealkylation sites (tertiary alicyclic amines) is 2. The van der Waals surface area contributed by atoms with Crippen LogP contribution >= 0.6 is 0 Å². The lowest BCUT2D eigenvalue weighted by Crippen LogP contribution is -2.52. The van der Waals surface area contributed by atoms with Crippen molar-refractivity contribution in [1.29, 1.82) is 0 Å². The Bertz CT molecular complexity index is 1170. The highest BCUT2D eigenvalue weighted by Gasteiger charge is 2.39. The van der Waals surface area contributed by atoms with E-state index in [1.807, 2.05) is 18.0 Å². The number of carbonyl (C=O) groups excluding carboxylic acids is 1. The fourth-order valence-corrected chi connectivity index (χ4v) is 5.91. The number of pyridine rings is 2. The quantitative estimate of drug-likeness (QED) is 0.655. The third-order valence-corrected chi connectivity index (χ3v) is 7.93. The van der Waals surface area contributed by atoms with E-state index in [4.69, 9.17) is 19.4 Å². The first-order valence-corrected chi connectivity index (χ1v) is 12.9. The van der Waals surface area contributed by atoms with E-state index < -0.39 is 0 Å². The highest BCUT2D eigenvalue weighted by molar-refractivity contribution is 5.87. The van der Waals surface area contributed by atoms with Crippen molar-refractivity contribution >= 4 is 23.1 Å². The Kier molecular flexibility index (Phi) is 6.05. The number of aromatic nitrogens is 2. The molecule has 0 bridgehead atoms. The third-order valence-electron chi connectivity index (χ3n) is 7.93. The molecule has 3 fully saturated rings. The number of morpholine rings is 1. The van der Waals surface area contributed by atoms with Crippen LogP contribution in [0, 0.1) is 6.92 Å². The molecule has 6 heterocycles. The second kappa shape index (κ2) is 9.37. The number of aryl methyl sites for hydroxylation is 1. The normalized spacial score (nSPS) is 24.2. The molecule has 2 atom stereocenters. The van der Waals surface area contributed by atoms with Crippen molar-refractivity contribution in [2.24, 2.45) is 0 Å². The molecule has 9 heteroatoms. The number of hydrogen-bond donors (Lipinski definition) is 1. The van der Waals surface area contributed by atoms with Crippen molar-refractivity contribution in [3.05, 3.63) is 47.9 Å². The Morgan fingerprint density at radius 3 is 2.81 bits per heavy atom. The van der Waals surface area contributed by atoms with Crippen LogP contribution < -0.4 is 15.0 Å². The van der Waals surface area contributed by atoms with E-state index in [-0.39, 0.29) is 12.0 Å². The number of ether oxygens (including phenoxy) is 2. The van der Waals surface area contributed by atoms with Gasteiger partial charge in [0, 0.05) is 68.8 Å². The number of hydrogen-bond acceptors (Lipinski definition) is 8. The van der Waals surface area contributed by atoms with E-state index in [1.54, 1.807) is 0 Å². The fraction of sp³-hybridized carbons (Fsp3) is 0.519. The van der Waals surface area contributed by atoms with Gasteiger partial charge in [-0.05, 0) is 38.5 Å². The first-order valence-electron chi connectivity index (χ1n) is 12.9. The van der Waals surface area contributed by atoms with Gasteiger partial charge in [0.25, 0.3) is 0 Å². The monoisotopic (exact) mass is 490 g/mol. The van der Waals surface area contributed by atoms with E-state index in [0.29, 0.717) is 12.0 Å². The van der Waals surface area contributed by atoms with Crippen LogP contribution in [0.3, 0.4) is 0 Å². The Hall–Kier alpha value is -3.17. The molecule has 4 aliphatic rings. The summed E-state index contributed by atoms with van der Waals surface area (Å²) in [6.07, 6.45) is 4.14. The Labute approximate surface area is 212 Å². The molecular weight excluding hydrogens is 456 g/mol. The third kappa shape index (κ3) is 4.10. The lowest BCUT2D eigenvalue weighted by Gasteiger charge is -2.43. The summed E-state index contributed by atoms with van der Waals surface area (Å²) in [5.74, 6) is 2.04. The van der Waals surface area contributed by atoms with Crippen molar-refractivity contribution in [3.63, 3.8) is 0 Å². The zero-order valence-electron chi connectivity index (χ0n) is 21.1. The molecule has 0 radical (unpaired) electrons. The summed E-state index contributed by atoms with van der Waals surface area (Å²) in [6.45, 7) is 14.4. The summed E-state index contributed by atoms with van der Waals surface area (Å²) < 4.78 is 12.1. The number of anilines is 3. The molecule has 1 amide bonds. The van der Waals surface area contributed by atoms with Crippen LogP contribution in [-0.4, -0.2) is 84.2 Å². The van der Waals surface area contributed by atoms with Gasteiger partial charge in [0.15, 0.2) is 5.75 Å². The average molecular weight is 491 g/mol. The number of nitrogens with zero attached hydrogens (tertiary/aromatic N) is 5. The van der Waals surface area contributed by atoms with Gasteiger partial charge in [-0.2, -0.15) is 0 Å². The van der Waals surface area contributed by atoms with Crippen molar-refractivity contribution in [2.75, 3.05) is 62.7 Å². The highest BCUT2D eigenvalue weighted by atomic mass is 16.5. The van der Waals surface area contributed by atoms with Gasteiger partial charge in [0.1, 0.15) is 11.9 Å². The number of fused-ring (bicyclic) bond motifs is 2. The minimum absolute atomic E-state index is 0.0311. The highest BCUT2D eigenvalue weighted by Crippen LogP contribution is 2.44. The van der Waals surface area contributed by atoms with Crippen molar-refractivity contribution < 1.29 is 14.3 Å². The summed E-state index contributed by atoms with van der Waals surface area (Å²) in [7, 11) is 0. The van der Waals surface area contributed by atoms with Gasteiger partial charge in [-0.15, -0.1) is 0 Å². The van der Waals surface area contributed by atoms with E-state index in [1.165, 1.54) is 6.08 Å². The first-order chi connectivity index (χ1) is 17.5. The molecule has 1 N–H and O–H groups in total. The maximum atomic E-state index is 11.9. The van der Waals surface area contributed by atoms with Gasteiger partial charge in [-0.3, -0.25) is 14.7 Å². The predicted molar refractivity (Wildman–Crippen MR) is 138 cm³/mol. The molecule has 2 aromatic heterocycles. The second-order valence-electron chi connectivity index (χ2n) is 10.2. The molecule has 0 aliphatic carbocycles. The maximum Gasteiger partial charge on any atom is 0.246 e. The summed E-state index contributed by atoms with van der Waals surface area (Å²) in [4.78, 5) is 28.3. The van der Waals surface area contributed by atoms with E-state index in [0.717, 1.165) is 98.8 Å².